The predicted octanol–water partition coefficient (Wildman–Crippen LogP) is 3.30. The molecular formula is C21H24N4O. The Labute approximate surface area is 153 Å². The summed E-state index contributed by atoms with van der Waals surface area (Å²) in [7, 11) is 1.66. The minimum absolute atomic E-state index is 0.0365. The fourth-order valence-corrected chi connectivity index (χ4v) is 3.88. The van der Waals surface area contributed by atoms with Crippen LogP contribution in [0.4, 0.5) is 0 Å². The number of piperidine rings is 1. The van der Waals surface area contributed by atoms with Gasteiger partial charge in [0.1, 0.15) is 5.65 Å². The number of H-pyrrole nitrogens is 1. The summed E-state index contributed by atoms with van der Waals surface area (Å²) in [6.07, 6.45) is 6.30. The van der Waals surface area contributed by atoms with Gasteiger partial charge in [-0.1, -0.05) is 12.1 Å². The molecule has 1 fully saturated rings. The predicted molar refractivity (Wildman–Crippen MR) is 103 cm³/mol. The molecule has 134 valence electrons. The van der Waals surface area contributed by atoms with Gasteiger partial charge in [0.2, 0.25) is 0 Å². The number of nitrogens with zero attached hydrogens (tertiary/aromatic N) is 2. The summed E-state index contributed by atoms with van der Waals surface area (Å²) < 4.78 is 0. The molecule has 0 spiro atoms. The smallest absolute Gasteiger partial charge is 0.251 e. The van der Waals surface area contributed by atoms with Gasteiger partial charge in [-0.05, 0) is 67.2 Å². The van der Waals surface area contributed by atoms with Gasteiger partial charge in [-0.15, -0.1) is 0 Å². The Hall–Kier alpha value is -2.66. The van der Waals surface area contributed by atoms with Crippen LogP contribution in [0, 0.1) is 0 Å². The fourth-order valence-electron chi connectivity index (χ4n) is 3.88. The van der Waals surface area contributed by atoms with Crippen molar-refractivity contribution < 1.29 is 4.79 Å². The Bertz CT molecular complexity index is 892. The van der Waals surface area contributed by atoms with Gasteiger partial charge >= 0.3 is 0 Å². The van der Waals surface area contributed by atoms with Crippen molar-refractivity contribution in [1.29, 1.82) is 0 Å². The number of rotatable bonds is 4. The van der Waals surface area contributed by atoms with E-state index in [1.54, 1.807) is 7.05 Å². The summed E-state index contributed by atoms with van der Waals surface area (Å²) >= 11 is 0. The van der Waals surface area contributed by atoms with Crippen LogP contribution < -0.4 is 5.32 Å². The molecule has 26 heavy (non-hydrogen) atoms. The Kier molecular flexibility index (Phi) is 4.71. The van der Waals surface area contributed by atoms with Gasteiger partial charge in [-0.2, -0.15) is 0 Å². The third kappa shape index (κ3) is 3.35. The maximum absolute atomic E-state index is 11.6. The van der Waals surface area contributed by atoms with Crippen molar-refractivity contribution in [2.45, 2.75) is 25.3 Å². The average molecular weight is 348 g/mol. The van der Waals surface area contributed by atoms with Crippen LogP contribution in [0.25, 0.3) is 11.0 Å². The second-order valence-electron chi connectivity index (χ2n) is 6.97. The number of pyridine rings is 1. The number of aromatic nitrogens is 2. The molecule has 1 aromatic carbocycles. The summed E-state index contributed by atoms with van der Waals surface area (Å²) in [6, 6.07) is 12.1. The fraction of sp³-hybridized carbons (Fsp3) is 0.333. The maximum atomic E-state index is 11.6. The monoisotopic (exact) mass is 348 g/mol. The van der Waals surface area contributed by atoms with E-state index in [1.165, 1.54) is 16.5 Å². The highest BCUT2D eigenvalue weighted by atomic mass is 16.1. The number of amides is 1. The van der Waals surface area contributed by atoms with Crippen LogP contribution in [0.3, 0.4) is 0 Å². The molecule has 0 unspecified atom stereocenters. The van der Waals surface area contributed by atoms with Crippen molar-refractivity contribution in [2.24, 2.45) is 0 Å². The molecule has 2 N–H and O–H groups in total. The molecule has 0 radical (unpaired) electrons. The molecule has 2 aromatic heterocycles. The van der Waals surface area contributed by atoms with Crippen LogP contribution in [-0.2, 0) is 6.54 Å². The van der Waals surface area contributed by atoms with Crippen LogP contribution in [0.5, 0.6) is 0 Å². The van der Waals surface area contributed by atoms with Gasteiger partial charge in [0.05, 0.1) is 0 Å². The minimum Gasteiger partial charge on any atom is -0.355 e. The molecule has 3 heterocycles. The van der Waals surface area contributed by atoms with Gasteiger partial charge < -0.3 is 10.3 Å². The lowest BCUT2D eigenvalue weighted by molar-refractivity contribution is 0.0963. The zero-order valence-electron chi connectivity index (χ0n) is 15.0. The van der Waals surface area contributed by atoms with E-state index < -0.39 is 0 Å². The van der Waals surface area contributed by atoms with E-state index in [1.807, 2.05) is 24.4 Å². The summed E-state index contributed by atoms with van der Waals surface area (Å²) in [5.74, 6) is 0.561. The highest BCUT2D eigenvalue weighted by Crippen LogP contribution is 2.32. The Morgan fingerprint density at radius 3 is 2.73 bits per heavy atom. The van der Waals surface area contributed by atoms with Crippen LogP contribution in [0.2, 0.25) is 0 Å². The van der Waals surface area contributed by atoms with Crippen LogP contribution in [0.15, 0.2) is 48.8 Å². The van der Waals surface area contributed by atoms with Gasteiger partial charge in [0.25, 0.3) is 5.91 Å². The van der Waals surface area contributed by atoms with E-state index in [4.69, 9.17) is 0 Å². The van der Waals surface area contributed by atoms with Crippen LogP contribution in [0.1, 0.15) is 40.2 Å². The normalized spacial score (nSPS) is 16.0. The molecule has 1 saturated heterocycles. The number of nitrogens with one attached hydrogen (secondary N) is 2. The Morgan fingerprint density at radius 1 is 1.23 bits per heavy atom. The van der Waals surface area contributed by atoms with Crippen molar-refractivity contribution in [3.8, 4) is 0 Å². The summed E-state index contributed by atoms with van der Waals surface area (Å²) in [4.78, 5) is 21.8. The molecule has 5 nitrogen and oxygen atoms in total. The molecule has 1 amide bonds. The van der Waals surface area contributed by atoms with Crippen LogP contribution >= 0.6 is 0 Å². The third-order valence-electron chi connectivity index (χ3n) is 5.36. The molecular weight excluding hydrogens is 324 g/mol. The first-order valence-corrected chi connectivity index (χ1v) is 9.20. The van der Waals surface area contributed by atoms with Crippen molar-refractivity contribution in [1.82, 2.24) is 20.2 Å². The van der Waals surface area contributed by atoms with E-state index in [0.29, 0.717) is 11.5 Å². The highest BCUT2D eigenvalue weighted by molar-refractivity contribution is 5.93. The SMILES string of the molecule is CNC(=O)c1ccc(CN2CCC(c3c[nH]c4ncccc34)CC2)cc1. The maximum Gasteiger partial charge on any atom is 0.251 e. The van der Waals surface area contributed by atoms with Gasteiger partial charge in [0, 0.05) is 36.9 Å². The molecule has 0 aliphatic carbocycles. The molecule has 3 aromatic rings. The van der Waals surface area contributed by atoms with Gasteiger partial charge in [-0.25, -0.2) is 4.98 Å². The lowest BCUT2D eigenvalue weighted by atomic mass is 9.89. The first-order valence-electron chi connectivity index (χ1n) is 9.20. The third-order valence-corrected chi connectivity index (χ3v) is 5.36. The highest BCUT2D eigenvalue weighted by Gasteiger charge is 2.23. The minimum atomic E-state index is -0.0365. The Balaban J connectivity index is 1.37. The van der Waals surface area contributed by atoms with E-state index >= 15 is 0 Å². The summed E-state index contributed by atoms with van der Waals surface area (Å²) in [5.41, 5.74) is 4.36. The Morgan fingerprint density at radius 2 is 2.00 bits per heavy atom. The van der Waals surface area contributed by atoms with Crippen molar-refractivity contribution >= 4 is 16.9 Å². The molecule has 4 rings (SSSR count). The van der Waals surface area contributed by atoms with Crippen molar-refractivity contribution in [3.05, 3.63) is 65.5 Å². The number of hydrogen-bond acceptors (Lipinski definition) is 3. The van der Waals surface area contributed by atoms with Crippen molar-refractivity contribution in [3.63, 3.8) is 0 Å². The number of aromatic amines is 1. The molecule has 0 atom stereocenters. The van der Waals surface area contributed by atoms with E-state index in [0.717, 1.165) is 38.1 Å². The standard InChI is InChI=1S/C21H24N4O/c1-22-21(26)17-6-4-15(5-7-17)14-25-11-8-16(9-12-25)19-13-24-20-18(19)3-2-10-23-20/h2-7,10,13,16H,8-9,11-12,14H2,1H3,(H,22,26)(H,23,24). The molecule has 1 aliphatic heterocycles. The van der Waals surface area contributed by atoms with Crippen LogP contribution in [-0.4, -0.2) is 40.9 Å². The number of benzene rings is 1. The lowest BCUT2D eigenvalue weighted by Gasteiger charge is -2.32. The zero-order valence-corrected chi connectivity index (χ0v) is 15.0. The largest absolute Gasteiger partial charge is 0.355 e. The molecule has 1 aliphatic rings. The summed E-state index contributed by atoms with van der Waals surface area (Å²) in [6.45, 7) is 3.12. The number of carbonyl (C=O) groups is 1. The first-order chi connectivity index (χ1) is 12.7. The summed E-state index contributed by atoms with van der Waals surface area (Å²) in [5, 5.41) is 3.92. The van der Waals surface area contributed by atoms with E-state index in [9.17, 15) is 4.79 Å². The lowest BCUT2D eigenvalue weighted by Crippen LogP contribution is -2.32. The molecule has 0 saturated carbocycles. The average Bonchev–Trinajstić information content (AvgIpc) is 3.13. The number of carbonyl (C=O) groups excluding carboxylic acids is 1. The van der Waals surface area contributed by atoms with E-state index in [-0.39, 0.29) is 5.91 Å². The number of likely N-dealkylation sites (tertiary alicyclic amines) is 1. The van der Waals surface area contributed by atoms with Gasteiger partial charge in [0.15, 0.2) is 0 Å². The van der Waals surface area contributed by atoms with Crippen molar-refractivity contribution in [2.75, 3.05) is 20.1 Å². The molecule has 0 bridgehead atoms. The second kappa shape index (κ2) is 7.30. The van der Waals surface area contributed by atoms with E-state index in [2.05, 4.69) is 44.6 Å². The topological polar surface area (TPSA) is 61.0 Å². The number of fused-ring (bicyclic) bond motifs is 1. The second-order valence-corrected chi connectivity index (χ2v) is 6.97. The van der Waals surface area contributed by atoms with Gasteiger partial charge in [-0.3, -0.25) is 9.69 Å². The first kappa shape index (κ1) is 16.8. The zero-order chi connectivity index (χ0) is 17.9. The number of hydrogen-bond donors (Lipinski definition) is 2. The quantitative estimate of drug-likeness (QED) is 0.760. The molecule has 5 heteroatoms.